The van der Waals surface area contributed by atoms with E-state index < -0.39 is 5.97 Å². The number of hydrogen-bond donors (Lipinski definition) is 2. The Labute approximate surface area is 201 Å². The number of carboxylic acid groups (broad SMARTS) is 1. The molecule has 2 aliphatic rings. The van der Waals surface area contributed by atoms with Crippen LogP contribution < -0.4 is 5.32 Å². The number of carbonyl (C=O) groups excluding carboxylic acids is 1. The minimum Gasteiger partial charge on any atom is -0.481 e. The Morgan fingerprint density at radius 2 is 1.85 bits per heavy atom. The maximum Gasteiger partial charge on any atom is 0.303 e. The van der Waals surface area contributed by atoms with E-state index in [2.05, 4.69) is 40.4 Å². The van der Waals surface area contributed by atoms with Gasteiger partial charge in [-0.2, -0.15) is 5.10 Å². The summed E-state index contributed by atoms with van der Waals surface area (Å²) in [6, 6.07) is 13.5. The second-order valence-corrected chi connectivity index (χ2v) is 9.40. The van der Waals surface area contributed by atoms with Crippen molar-refractivity contribution >= 4 is 23.8 Å². The zero-order valence-corrected chi connectivity index (χ0v) is 20.0. The van der Waals surface area contributed by atoms with Crippen molar-refractivity contribution in [2.75, 3.05) is 38.5 Å². The molecule has 34 heavy (non-hydrogen) atoms. The van der Waals surface area contributed by atoms with E-state index in [1.807, 2.05) is 42.6 Å². The molecule has 0 spiro atoms. The highest BCUT2D eigenvalue weighted by Crippen LogP contribution is 2.41. The number of benzene rings is 2. The molecule has 1 amide bonds. The summed E-state index contributed by atoms with van der Waals surface area (Å²) in [7, 11) is 2.12. The average molecular weight is 463 g/mol. The van der Waals surface area contributed by atoms with E-state index in [4.69, 9.17) is 0 Å². The minimum atomic E-state index is -0.729. The highest BCUT2D eigenvalue weighted by Gasteiger charge is 2.30. The topological polar surface area (TPSA) is 85.2 Å². The number of carbonyl (C=O) groups is 2. The van der Waals surface area contributed by atoms with E-state index in [0.717, 1.165) is 56.7 Å². The SMILES string of the molecule is CCC1c2ccc(NC(=O)c3ccc(C=NN4CCN(C)CC4)cc3)cc2CCC1CC(=O)O. The molecular formula is C27H34N4O3. The van der Waals surface area contributed by atoms with Crippen LogP contribution in [0.25, 0.3) is 0 Å². The summed E-state index contributed by atoms with van der Waals surface area (Å²) in [6.45, 7) is 5.99. The maximum absolute atomic E-state index is 12.8. The van der Waals surface area contributed by atoms with Crippen molar-refractivity contribution in [1.82, 2.24) is 9.91 Å². The van der Waals surface area contributed by atoms with Crippen molar-refractivity contribution in [2.24, 2.45) is 11.0 Å². The zero-order valence-electron chi connectivity index (χ0n) is 20.0. The van der Waals surface area contributed by atoms with Gasteiger partial charge in [0.2, 0.25) is 0 Å². The summed E-state index contributed by atoms with van der Waals surface area (Å²) in [5, 5.41) is 18.9. The molecule has 2 N–H and O–H groups in total. The monoisotopic (exact) mass is 462 g/mol. The fourth-order valence-corrected chi connectivity index (χ4v) is 5.06. The normalized spacial score (nSPS) is 20.8. The molecule has 1 fully saturated rings. The number of fused-ring (bicyclic) bond motifs is 1. The van der Waals surface area contributed by atoms with Crippen LogP contribution in [0, 0.1) is 5.92 Å². The van der Waals surface area contributed by atoms with Crippen LogP contribution in [-0.4, -0.2) is 66.3 Å². The summed E-state index contributed by atoms with van der Waals surface area (Å²) in [5.74, 6) is -0.445. The van der Waals surface area contributed by atoms with E-state index in [1.54, 1.807) is 0 Å². The number of anilines is 1. The third kappa shape index (κ3) is 5.83. The van der Waals surface area contributed by atoms with Gasteiger partial charge in [-0.1, -0.05) is 25.1 Å². The Kier molecular flexibility index (Phi) is 7.63. The zero-order chi connectivity index (χ0) is 24.1. The molecule has 1 heterocycles. The van der Waals surface area contributed by atoms with Crippen LogP contribution in [0.3, 0.4) is 0 Å². The number of nitrogens with one attached hydrogen (secondary N) is 1. The molecule has 0 radical (unpaired) electrons. The van der Waals surface area contributed by atoms with Gasteiger partial charge in [0.25, 0.3) is 5.91 Å². The molecule has 180 valence electrons. The molecule has 4 rings (SSSR count). The quantitative estimate of drug-likeness (QED) is 0.607. The highest BCUT2D eigenvalue weighted by atomic mass is 16.4. The smallest absolute Gasteiger partial charge is 0.303 e. The van der Waals surface area contributed by atoms with Gasteiger partial charge in [-0.25, -0.2) is 0 Å². The van der Waals surface area contributed by atoms with Gasteiger partial charge in [0.15, 0.2) is 0 Å². The molecule has 2 aromatic rings. The third-order valence-electron chi connectivity index (χ3n) is 7.05. The number of piperazine rings is 1. The first kappa shape index (κ1) is 24.0. The van der Waals surface area contributed by atoms with Crippen molar-refractivity contribution < 1.29 is 14.7 Å². The lowest BCUT2D eigenvalue weighted by Crippen LogP contribution is -2.41. The molecule has 0 aromatic heterocycles. The van der Waals surface area contributed by atoms with Crippen LogP contribution in [0.2, 0.25) is 0 Å². The van der Waals surface area contributed by atoms with Gasteiger partial charge in [0, 0.05) is 43.9 Å². The molecule has 7 nitrogen and oxygen atoms in total. The standard InChI is InChI=1S/C27H34N4O3/c1-3-24-22(17-26(32)33)9-8-21-16-23(10-11-25(21)24)29-27(34)20-6-4-19(5-7-20)18-28-31-14-12-30(2)13-15-31/h4-7,10-11,16,18,22,24H,3,8-9,12-15,17H2,1-2H3,(H,29,34)(H,32,33). The Morgan fingerprint density at radius 3 is 2.53 bits per heavy atom. The first-order valence-corrected chi connectivity index (χ1v) is 12.2. The van der Waals surface area contributed by atoms with E-state index in [-0.39, 0.29) is 24.2 Å². The molecule has 1 aliphatic carbocycles. The summed E-state index contributed by atoms with van der Waals surface area (Å²) in [6.07, 6.45) is 4.69. The third-order valence-corrected chi connectivity index (χ3v) is 7.05. The largest absolute Gasteiger partial charge is 0.481 e. The van der Waals surface area contributed by atoms with Crippen LogP contribution in [0.4, 0.5) is 5.69 Å². The minimum absolute atomic E-state index is 0.144. The van der Waals surface area contributed by atoms with Crippen molar-refractivity contribution in [3.8, 4) is 0 Å². The summed E-state index contributed by atoms with van der Waals surface area (Å²) < 4.78 is 0. The van der Waals surface area contributed by atoms with Gasteiger partial charge < -0.3 is 15.3 Å². The van der Waals surface area contributed by atoms with Gasteiger partial charge in [-0.3, -0.25) is 14.6 Å². The van der Waals surface area contributed by atoms with Crippen LogP contribution in [0.15, 0.2) is 47.6 Å². The summed E-state index contributed by atoms with van der Waals surface area (Å²) >= 11 is 0. The van der Waals surface area contributed by atoms with E-state index in [1.165, 1.54) is 11.1 Å². The molecule has 2 aromatic carbocycles. The number of aryl methyl sites for hydroxylation is 1. The lowest BCUT2D eigenvalue weighted by atomic mass is 9.72. The van der Waals surface area contributed by atoms with Crippen LogP contribution in [0.1, 0.15) is 59.2 Å². The van der Waals surface area contributed by atoms with Crippen LogP contribution in [-0.2, 0) is 11.2 Å². The second-order valence-electron chi connectivity index (χ2n) is 9.40. The summed E-state index contributed by atoms with van der Waals surface area (Å²) in [5.41, 5.74) is 4.77. The van der Waals surface area contributed by atoms with Gasteiger partial charge in [-0.15, -0.1) is 0 Å². The number of hydrazone groups is 1. The van der Waals surface area contributed by atoms with Gasteiger partial charge in [0.1, 0.15) is 0 Å². The van der Waals surface area contributed by atoms with E-state index in [0.29, 0.717) is 5.56 Å². The lowest BCUT2D eigenvalue weighted by molar-refractivity contribution is -0.138. The number of likely N-dealkylation sites (N-methyl/N-ethyl adjacent to an activating group) is 1. The Balaban J connectivity index is 1.38. The Bertz CT molecular complexity index is 1040. The predicted octanol–water partition coefficient (Wildman–Crippen LogP) is 4.05. The molecule has 1 aliphatic heterocycles. The second kappa shape index (κ2) is 10.8. The van der Waals surface area contributed by atoms with Gasteiger partial charge in [-0.05, 0) is 79.1 Å². The number of rotatable bonds is 7. The molecule has 0 saturated carbocycles. The van der Waals surface area contributed by atoms with E-state index >= 15 is 0 Å². The van der Waals surface area contributed by atoms with Crippen molar-refractivity contribution in [3.05, 3.63) is 64.7 Å². The summed E-state index contributed by atoms with van der Waals surface area (Å²) in [4.78, 5) is 26.3. The number of aliphatic carboxylic acids is 1. The fraction of sp³-hybridized carbons (Fsp3) is 0.444. The van der Waals surface area contributed by atoms with Crippen molar-refractivity contribution in [2.45, 2.75) is 38.5 Å². The number of amides is 1. The predicted molar refractivity (Wildman–Crippen MR) is 135 cm³/mol. The molecule has 1 saturated heterocycles. The first-order valence-electron chi connectivity index (χ1n) is 12.2. The number of nitrogens with zero attached hydrogens (tertiary/aromatic N) is 3. The van der Waals surface area contributed by atoms with E-state index in [9.17, 15) is 14.7 Å². The van der Waals surface area contributed by atoms with Gasteiger partial charge in [0.05, 0.1) is 6.21 Å². The molecule has 2 atom stereocenters. The van der Waals surface area contributed by atoms with Crippen molar-refractivity contribution in [3.63, 3.8) is 0 Å². The van der Waals surface area contributed by atoms with Crippen LogP contribution in [0.5, 0.6) is 0 Å². The number of carboxylic acids is 1. The Hall–Kier alpha value is -3.19. The lowest BCUT2D eigenvalue weighted by Gasteiger charge is -2.32. The maximum atomic E-state index is 12.8. The highest BCUT2D eigenvalue weighted by molar-refractivity contribution is 6.04. The molecular weight excluding hydrogens is 428 g/mol. The molecule has 7 heteroatoms. The van der Waals surface area contributed by atoms with Crippen molar-refractivity contribution in [1.29, 1.82) is 0 Å². The van der Waals surface area contributed by atoms with Gasteiger partial charge >= 0.3 is 5.97 Å². The fourth-order valence-electron chi connectivity index (χ4n) is 5.06. The number of hydrogen-bond acceptors (Lipinski definition) is 5. The molecule has 0 bridgehead atoms. The van der Waals surface area contributed by atoms with Crippen LogP contribution >= 0.6 is 0 Å². The average Bonchev–Trinajstić information content (AvgIpc) is 2.83. The molecule has 2 unspecified atom stereocenters. The first-order chi connectivity index (χ1) is 16.4. The Morgan fingerprint density at radius 1 is 1.12 bits per heavy atom.